The van der Waals surface area contributed by atoms with Gasteiger partial charge >= 0.3 is 0 Å². The smallest absolute Gasteiger partial charge is 0.234 e. The molecule has 1 unspecified atom stereocenters. The van der Waals surface area contributed by atoms with Crippen LogP contribution in [-0.2, 0) is 24.2 Å². The van der Waals surface area contributed by atoms with E-state index < -0.39 is 0 Å². The molecule has 7 heteroatoms. The normalized spacial score (nSPS) is 15.5. The van der Waals surface area contributed by atoms with Crippen LogP contribution < -0.4 is 14.8 Å². The molecule has 1 atom stereocenters. The van der Waals surface area contributed by atoms with Crippen LogP contribution in [0, 0.1) is 0 Å². The topological polar surface area (TPSA) is 63.7 Å². The molecular formula is C26H28ClN3O3. The SMILES string of the molecule is COc1cc2c(cc1OC)C(Cc1ccc(Cl)cc1)N(CC(=O)NCc1ccccn1)CC2. The average Bonchev–Trinajstić information content (AvgIpc) is 2.85. The molecule has 1 aliphatic rings. The van der Waals surface area contributed by atoms with Gasteiger partial charge in [-0.05, 0) is 65.9 Å². The molecule has 2 aromatic carbocycles. The van der Waals surface area contributed by atoms with Gasteiger partial charge in [0.2, 0.25) is 5.91 Å². The van der Waals surface area contributed by atoms with Crippen molar-refractivity contribution in [1.82, 2.24) is 15.2 Å². The lowest BCUT2D eigenvalue weighted by Gasteiger charge is -2.37. The molecule has 2 heterocycles. The van der Waals surface area contributed by atoms with Crippen LogP contribution in [0.4, 0.5) is 0 Å². The van der Waals surface area contributed by atoms with Crippen LogP contribution in [0.25, 0.3) is 0 Å². The molecule has 0 saturated carbocycles. The van der Waals surface area contributed by atoms with E-state index in [1.165, 1.54) is 5.56 Å². The lowest BCUT2D eigenvalue weighted by molar-refractivity contribution is -0.123. The van der Waals surface area contributed by atoms with Crippen LogP contribution in [0.15, 0.2) is 60.8 Å². The van der Waals surface area contributed by atoms with Gasteiger partial charge in [0.15, 0.2) is 11.5 Å². The Hall–Kier alpha value is -3.09. The monoisotopic (exact) mass is 465 g/mol. The van der Waals surface area contributed by atoms with E-state index in [0.29, 0.717) is 23.9 Å². The number of benzene rings is 2. The summed E-state index contributed by atoms with van der Waals surface area (Å²) >= 11 is 6.09. The molecule has 172 valence electrons. The fourth-order valence-electron chi connectivity index (χ4n) is 4.28. The van der Waals surface area contributed by atoms with Crippen molar-refractivity contribution in [3.8, 4) is 11.5 Å². The van der Waals surface area contributed by atoms with Gasteiger partial charge in [-0.25, -0.2) is 0 Å². The van der Waals surface area contributed by atoms with Crippen LogP contribution in [0.1, 0.15) is 28.4 Å². The second-order valence-electron chi connectivity index (χ2n) is 8.07. The molecule has 1 amide bonds. The minimum atomic E-state index is -0.0225. The number of nitrogens with zero attached hydrogens (tertiary/aromatic N) is 2. The Labute approximate surface area is 199 Å². The van der Waals surface area contributed by atoms with Gasteiger partial charge in [-0.15, -0.1) is 0 Å². The number of carbonyl (C=O) groups is 1. The van der Waals surface area contributed by atoms with Crippen molar-refractivity contribution in [3.63, 3.8) is 0 Å². The van der Waals surface area contributed by atoms with E-state index in [1.807, 2.05) is 48.5 Å². The molecule has 0 bridgehead atoms. The maximum atomic E-state index is 12.8. The van der Waals surface area contributed by atoms with Gasteiger partial charge in [0, 0.05) is 23.8 Å². The molecule has 4 rings (SSSR count). The Kier molecular flexibility index (Phi) is 7.47. The number of amides is 1. The van der Waals surface area contributed by atoms with Crippen molar-refractivity contribution in [2.45, 2.75) is 25.4 Å². The number of halogens is 1. The molecule has 0 saturated heterocycles. The predicted molar refractivity (Wildman–Crippen MR) is 129 cm³/mol. The second-order valence-corrected chi connectivity index (χ2v) is 8.51. The molecule has 1 aromatic heterocycles. The third-order valence-electron chi connectivity index (χ3n) is 6.00. The highest BCUT2D eigenvalue weighted by Crippen LogP contribution is 2.39. The number of methoxy groups -OCH3 is 2. The van der Waals surface area contributed by atoms with Crippen molar-refractivity contribution < 1.29 is 14.3 Å². The Morgan fingerprint density at radius 1 is 1.12 bits per heavy atom. The molecule has 3 aromatic rings. The molecule has 0 fully saturated rings. The molecule has 1 aliphatic heterocycles. The molecule has 33 heavy (non-hydrogen) atoms. The van der Waals surface area contributed by atoms with Gasteiger partial charge in [-0.1, -0.05) is 29.8 Å². The summed E-state index contributed by atoms with van der Waals surface area (Å²) in [4.78, 5) is 19.3. The first-order valence-corrected chi connectivity index (χ1v) is 11.3. The summed E-state index contributed by atoms with van der Waals surface area (Å²) in [6, 6.07) is 17.7. The number of pyridine rings is 1. The fraction of sp³-hybridized carbons (Fsp3) is 0.308. The van der Waals surface area contributed by atoms with E-state index in [-0.39, 0.29) is 11.9 Å². The standard InChI is InChI=1S/C26H28ClN3O3/c1-32-24-14-19-10-12-30(17-26(31)29-16-21-5-3-4-11-28-21)23(22(19)15-25(24)33-2)13-18-6-8-20(27)9-7-18/h3-9,11,14-15,23H,10,12-13,16-17H2,1-2H3,(H,29,31). The first kappa shape index (κ1) is 23.1. The minimum absolute atomic E-state index is 0.0225. The Balaban J connectivity index is 1.57. The molecule has 0 radical (unpaired) electrons. The van der Waals surface area contributed by atoms with E-state index in [0.717, 1.165) is 42.0 Å². The van der Waals surface area contributed by atoms with Crippen molar-refractivity contribution in [1.29, 1.82) is 0 Å². The highest BCUT2D eigenvalue weighted by molar-refractivity contribution is 6.30. The summed E-state index contributed by atoms with van der Waals surface area (Å²) < 4.78 is 11.1. The van der Waals surface area contributed by atoms with Gasteiger partial charge in [0.25, 0.3) is 0 Å². The van der Waals surface area contributed by atoms with Crippen LogP contribution in [0.5, 0.6) is 11.5 Å². The zero-order valence-electron chi connectivity index (χ0n) is 18.9. The number of hydrogen-bond acceptors (Lipinski definition) is 5. The van der Waals surface area contributed by atoms with Crippen LogP contribution >= 0.6 is 11.6 Å². The fourth-order valence-corrected chi connectivity index (χ4v) is 4.41. The zero-order valence-corrected chi connectivity index (χ0v) is 19.6. The van der Waals surface area contributed by atoms with Crippen LogP contribution in [-0.4, -0.2) is 43.1 Å². The molecule has 1 N–H and O–H groups in total. The number of aromatic nitrogens is 1. The van der Waals surface area contributed by atoms with E-state index in [4.69, 9.17) is 21.1 Å². The lowest BCUT2D eigenvalue weighted by atomic mass is 9.88. The number of fused-ring (bicyclic) bond motifs is 1. The second kappa shape index (κ2) is 10.7. The van der Waals surface area contributed by atoms with Gasteiger partial charge in [-0.3, -0.25) is 14.7 Å². The maximum Gasteiger partial charge on any atom is 0.234 e. The third-order valence-corrected chi connectivity index (χ3v) is 6.25. The predicted octanol–water partition coefficient (Wildman–Crippen LogP) is 4.21. The van der Waals surface area contributed by atoms with Crippen LogP contribution in [0.3, 0.4) is 0 Å². The van der Waals surface area contributed by atoms with Crippen molar-refractivity contribution in [3.05, 3.63) is 88.2 Å². The van der Waals surface area contributed by atoms with Gasteiger partial charge in [0.05, 0.1) is 33.0 Å². The van der Waals surface area contributed by atoms with Crippen molar-refractivity contribution in [2.24, 2.45) is 0 Å². The highest BCUT2D eigenvalue weighted by Gasteiger charge is 2.30. The summed E-state index contributed by atoms with van der Waals surface area (Å²) in [5, 5.41) is 3.71. The summed E-state index contributed by atoms with van der Waals surface area (Å²) in [7, 11) is 3.29. The Bertz CT molecular complexity index is 1090. The summed E-state index contributed by atoms with van der Waals surface area (Å²) in [5.74, 6) is 1.40. The molecule has 0 spiro atoms. The summed E-state index contributed by atoms with van der Waals surface area (Å²) in [6.45, 7) is 1.49. The Morgan fingerprint density at radius 2 is 1.88 bits per heavy atom. The highest BCUT2D eigenvalue weighted by atomic mass is 35.5. The number of nitrogens with one attached hydrogen (secondary N) is 1. The third kappa shape index (κ3) is 5.64. The molecule has 0 aliphatic carbocycles. The van der Waals surface area contributed by atoms with E-state index in [2.05, 4.69) is 21.3 Å². The van der Waals surface area contributed by atoms with Crippen molar-refractivity contribution >= 4 is 17.5 Å². The molecular weight excluding hydrogens is 438 g/mol. The lowest BCUT2D eigenvalue weighted by Crippen LogP contribution is -2.43. The van der Waals surface area contributed by atoms with E-state index >= 15 is 0 Å². The number of carbonyl (C=O) groups excluding carboxylic acids is 1. The summed E-state index contributed by atoms with van der Waals surface area (Å²) in [6.07, 6.45) is 3.32. The van der Waals surface area contributed by atoms with Gasteiger partial charge in [-0.2, -0.15) is 0 Å². The van der Waals surface area contributed by atoms with E-state index in [1.54, 1.807) is 20.4 Å². The van der Waals surface area contributed by atoms with Gasteiger partial charge in [0.1, 0.15) is 0 Å². The largest absolute Gasteiger partial charge is 0.493 e. The van der Waals surface area contributed by atoms with Gasteiger partial charge < -0.3 is 14.8 Å². The number of hydrogen-bond donors (Lipinski definition) is 1. The number of rotatable bonds is 8. The minimum Gasteiger partial charge on any atom is -0.493 e. The quantitative estimate of drug-likeness (QED) is 0.540. The van der Waals surface area contributed by atoms with E-state index in [9.17, 15) is 4.79 Å². The first-order valence-electron chi connectivity index (χ1n) is 11.0. The van der Waals surface area contributed by atoms with Crippen LogP contribution in [0.2, 0.25) is 5.02 Å². The summed E-state index contributed by atoms with van der Waals surface area (Å²) in [5.41, 5.74) is 4.37. The average molecular weight is 466 g/mol. The number of ether oxygens (including phenoxy) is 2. The Morgan fingerprint density at radius 3 is 2.58 bits per heavy atom. The first-order chi connectivity index (χ1) is 16.1. The molecule has 6 nitrogen and oxygen atoms in total. The maximum absolute atomic E-state index is 12.8. The zero-order chi connectivity index (χ0) is 23.2. The van der Waals surface area contributed by atoms with Crippen molar-refractivity contribution in [2.75, 3.05) is 27.3 Å².